The zero-order chi connectivity index (χ0) is 28.4. The summed E-state index contributed by atoms with van der Waals surface area (Å²) in [6.07, 6.45) is -2.30. The molecular weight excluding hydrogens is 645 g/mol. The highest BCUT2D eigenvalue weighted by Crippen LogP contribution is 2.34. The Kier molecular flexibility index (Phi) is 8.09. The molecule has 0 bridgehead atoms. The third-order valence-electron chi connectivity index (χ3n) is 6.43. The molecule has 0 aliphatic carbocycles. The van der Waals surface area contributed by atoms with Crippen molar-refractivity contribution in [3.8, 4) is 11.1 Å². The molecule has 2 aromatic heterocycles. The molecule has 1 saturated heterocycles. The second kappa shape index (κ2) is 11.5. The summed E-state index contributed by atoms with van der Waals surface area (Å²) in [7, 11) is 0. The van der Waals surface area contributed by atoms with Crippen LogP contribution in [0.4, 0.5) is 39.5 Å². The number of urea groups is 1. The van der Waals surface area contributed by atoms with Gasteiger partial charge in [-0.3, -0.25) is 4.90 Å². The lowest BCUT2D eigenvalue weighted by atomic mass is 10.1. The van der Waals surface area contributed by atoms with E-state index >= 15 is 4.39 Å². The van der Waals surface area contributed by atoms with Crippen molar-refractivity contribution in [1.82, 2.24) is 19.5 Å². The molecule has 0 saturated carbocycles. The fourth-order valence-electron chi connectivity index (χ4n) is 4.51. The van der Waals surface area contributed by atoms with Crippen LogP contribution >= 0.6 is 22.6 Å². The van der Waals surface area contributed by atoms with Crippen LogP contribution in [0, 0.1) is 9.39 Å². The van der Waals surface area contributed by atoms with E-state index in [0.29, 0.717) is 40.0 Å². The number of nitrogens with one attached hydrogen (secondary N) is 2. The van der Waals surface area contributed by atoms with Gasteiger partial charge < -0.3 is 21.1 Å². The third kappa shape index (κ3) is 6.13. The minimum absolute atomic E-state index is 0.0517. The maximum Gasteiger partial charge on any atom is 0.416 e. The molecule has 14 heteroatoms. The zero-order valence-electron chi connectivity index (χ0n) is 20.9. The number of amides is 2. The number of anilines is 3. The summed E-state index contributed by atoms with van der Waals surface area (Å²) in [6, 6.07) is 8.20. The zero-order valence-corrected chi connectivity index (χ0v) is 23.1. The van der Waals surface area contributed by atoms with Gasteiger partial charge in [0.05, 0.1) is 29.2 Å². The number of nitrogens with two attached hydrogens (primary N) is 1. The van der Waals surface area contributed by atoms with Crippen LogP contribution in [-0.2, 0) is 17.5 Å². The molecule has 0 atom stereocenters. The topological polar surface area (TPSA) is 110 Å². The van der Waals surface area contributed by atoms with Crippen LogP contribution in [0.1, 0.15) is 17.7 Å². The summed E-state index contributed by atoms with van der Waals surface area (Å²) < 4.78 is 62.0. The summed E-state index contributed by atoms with van der Waals surface area (Å²) >= 11 is 1.80. The van der Waals surface area contributed by atoms with E-state index in [1.165, 1.54) is 24.5 Å². The van der Waals surface area contributed by atoms with Gasteiger partial charge in [-0.25, -0.2) is 18.7 Å². The van der Waals surface area contributed by atoms with Gasteiger partial charge in [0.15, 0.2) is 5.82 Å². The molecule has 40 heavy (non-hydrogen) atoms. The number of fused-ring (bicyclic) bond motifs is 1. The third-order valence-corrected chi connectivity index (χ3v) is 7.37. The number of ether oxygens (including phenoxy) is 1. The Morgan fingerprint density at radius 1 is 1.07 bits per heavy atom. The van der Waals surface area contributed by atoms with Crippen molar-refractivity contribution < 1.29 is 27.1 Å². The maximum atomic E-state index is 15.2. The van der Waals surface area contributed by atoms with E-state index in [1.807, 2.05) is 6.07 Å². The number of hydrogen-bond donors (Lipinski definition) is 3. The Bertz CT molecular complexity index is 1550. The molecule has 0 radical (unpaired) electrons. The van der Waals surface area contributed by atoms with E-state index in [2.05, 4.69) is 25.6 Å². The van der Waals surface area contributed by atoms with Crippen molar-refractivity contribution in [1.29, 1.82) is 0 Å². The summed E-state index contributed by atoms with van der Waals surface area (Å²) in [5, 5.41) is 9.06. The molecule has 5 rings (SSSR count). The van der Waals surface area contributed by atoms with Crippen molar-refractivity contribution >= 4 is 51.3 Å². The number of aromatic nitrogens is 3. The number of carbonyl (C=O) groups is 1. The molecule has 2 amide bonds. The molecule has 3 heterocycles. The van der Waals surface area contributed by atoms with Crippen LogP contribution in [0.2, 0.25) is 0 Å². The fourth-order valence-corrected chi connectivity index (χ4v) is 4.98. The minimum atomic E-state index is -4.57. The van der Waals surface area contributed by atoms with E-state index in [0.717, 1.165) is 37.3 Å². The predicted molar refractivity (Wildman–Crippen MR) is 150 cm³/mol. The largest absolute Gasteiger partial charge is 0.416 e. The van der Waals surface area contributed by atoms with Gasteiger partial charge in [0.1, 0.15) is 17.7 Å². The number of nitrogen functional groups attached to an aromatic ring is 1. The lowest BCUT2D eigenvalue weighted by Gasteiger charge is -2.18. The van der Waals surface area contributed by atoms with Crippen molar-refractivity contribution in [3.63, 3.8) is 0 Å². The Morgan fingerprint density at radius 2 is 1.88 bits per heavy atom. The number of nitrogens with zero attached hydrogens (tertiary/aromatic N) is 4. The Morgan fingerprint density at radius 3 is 2.65 bits per heavy atom. The number of benzene rings is 2. The van der Waals surface area contributed by atoms with Gasteiger partial charge in [0, 0.05) is 35.4 Å². The molecule has 2 aromatic carbocycles. The Labute approximate surface area is 239 Å². The first kappa shape index (κ1) is 28.0. The summed E-state index contributed by atoms with van der Waals surface area (Å²) in [4.78, 5) is 18.9. The number of halogens is 5. The van der Waals surface area contributed by atoms with Gasteiger partial charge >= 0.3 is 12.2 Å². The van der Waals surface area contributed by atoms with E-state index in [9.17, 15) is 18.0 Å². The monoisotopic (exact) mass is 669 g/mol. The van der Waals surface area contributed by atoms with Crippen molar-refractivity contribution in [2.75, 3.05) is 42.7 Å². The second-order valence-electron chi connectivity index (χ2n) is 9.16. The molecule has 0 spiro atoms. The standard InChI is InChI=1S/C26H24F4IN7O2/c27-19-10-15(2-5-21(19)35-25(39)36-22-11-16(26(28,29)30)3-4-20(22)31)18-12-17(13-37-6-1-8-40-9-7-37)38-23(18)24(32)33-14-34-38/h2-5,10-12,14H,1,6-9,13H2,(H2,32,33,34)(H2,35,36,39). The van der Waals surface area contributed by atoms with E-state index in [4.69, 9.17) is 10.5 Å². The van der Waals surface area contributed by atoms with Gasteiger partial charge in [0.25, 0.3) is 0 Å². The smallest absolute Gasteiger partial charge is 0.382 e. The molecule has 1 aliphatic rings. The molecule has 210 valence electrons. The number of carbonyl (C=O) groups excluding carboxylic acids is 1. The molecule has 9 nitrogen and oxygen atoms in total. The molecular formula is C26H24F4IN7O2. The first-order valence-corrected chi connectivity index (χ1v) is 13.3. The normalized spacial score (nSPS) is 14.7. The van der Waals surface area contributed by atoms with E-state index in [1.54, 1.807) is 33.2 Å². The van der Waals surface area contributed by atoms with E-state index in [-0.39, 0.29) is 17.2 Å². The van der Waals surface area contributed by atoms with Gasteiger partial charge in [-0.05, 0) is 71.0 Å². The van der Waals surface area contributed by atoms with Crippen LogP contribution in [0.15, 0.2) is 48.8 Å². The van der Waals surface area contributed by atoms with Gasteiger partial charge in [-0.2, -0.15) is 18.3 Å². The summed E-state index contributed by atoms with van der Waals surface area (Å²) in [5.74, 6) is -0.513. The Balaban J connectivity index is 1.38. The highest BCUT2D eigenvalue weighted by Gasteiger charge is 2.31. The molecule has 4 N–H and O–H groups in total. The maximum absolute atomic E-state index is 15.2. The first-order chi connectivity index (χ1) is 19.1. The SMILES string of the molecule is Nc1ncnn2c(CN3CCCOCC3)cc(-c3ccc(NC(=O)Nc4cc(C(F)(F)F)ccc4I)c(F)c3)c12. The van der Waals surface area contributed by atoms with Crippen LogP contribution in [0.25, 0.3) is 16.6 Å². The average molecular weight is 669 g/mol. The van der Waals surface area contributed by atoms with Crippen LogP contribution < -0.4 is 16.4 Å². The van der Waals surface area contributed by atoms with E-state index < -0.39 is 23.6 Å². The van der Waals surface area contributed by atoms with Crippen LogP contribution in [0.3, 0.4) is 0 Å². The number of hydrogen-bond acceptors (Lipinski definition) is 6. The first-order valence-electron chi connectivity index (χ1n) is 12.3. The summed E-state index contributed by atoms with van der Waals surface area (Å²) in [6.45, 7) is 3.55. The van der Waals surface area contributed by atoms with Crippen LogP contribution in [-0.4, -0.2) is 51.8 Å². The lowest BCUT2D eigenvalue weighted by Crippen LogP contribution is -2.26. The van der Waals surface area contributed by atoms with Gasteiger partial charge in [-0.1, -0.05) is 6.07 Å². The quantitative estimate of drug-likeness (QED) is 0.189. The van der Waals surface area contributed by atoms with Gasteiger partial charge in [0.2, 0.25) is 0 Å². The fraction of sp³-hybridized carbons (Fsp3) is 0.269. The highest BCUT2D eigenvalue weighted by atomic mass is 127. The van der Waals surface area contributed by atoms with Crippen molar-refractivity contribution in [3.05, 3.63) is 69.4 Å². The predicted octanol–water partition coefficient (Wildman–Crippen LogP) is 5.61. The number of rotatable bonds is 5. The highest BCUT2D eigenvalue weighted by molar-refractivity contribution is 14.1. The molecule has 1 aliphatic heterocycles. The molecule has 4 aromatic rings. The molecule has 1 fully saturated rings. The molecule has 0 unspecified atom stereocenters. The van der Waals surface area contributed by atoms with Gasteiger partial charge in [-0.15, -0.1) is 0 Å². The Hall–Kier alpha value is -3.50. The van der Waals surface area contributed by atoms with Crippen LogP contribution in [0.5, 0.6) is 0 Å². The van der Waals surface area contributed by atoms with Crippen molar-refractivity contribution in [2.24, 2.45) is 0 Å². The lowest BCUT2D eigenvalue weighted by molar-refractivity contribution is -0.137. The second-order valence-corrected chi connectivity index (χ2v) is 10.3. The number of alkyl halides is 3. The minimum Gasteiger partial charge on any atom is -0.382 e. The summed E-state index contributed by atoms with van der Waals surface area (Å²) in [5.41, 5.74) is 7.55. The van der Waals surface area contributed by atoms with Crippen molar-refractivity contribution in [2.45, 2.75) is 19.1 Å². The average Bonchev–Trinajstić information content (AvgIpc) is 3.07.